The van der Waals surface area contributed by atoms with E-state index < -0.39 is 0 Å². The highest BCUT2D eigenvalue weighted by Gasteiger charge is 2.15. The topological polar surface area (TPSA) is 21.3 Å². The second kappa shape index (κ2) is 4.99. The molecule has 2 nitrogen and oxygen atoms in total. The van der Waals surface area contributed by atoms with Crippen molar-refractivity contribution in [3.63, 3.8) is 0 Å². The summed E-state index contributed by atoms with van der Waals surface area (Å²) in [6.07, 6.45) is 2.04. The summed E-state index contributed by atoms with van der Waals surface area (Å²) in [4.78, 5) is 0.729. The molecule has 0 spiro atoms. The maximum Gasteiger partial charge on any atom is 0.173 e. The first kappa shape index (κ1) is 10.2. The molecule has 0 aromatic heterocycles. The van der Waals surface area contributed by atoms with Crippen LogP contribution < -0.4 is 5.32 Å². The van der Waals surface area contributed by atoms with E-state index in [1.807, 2.05) is 6.26 Å². The van der Waals surface area contributed by atoms with Crippen molar-refractivity contribution in [3.05, 3.63) is 10.00 Å². The van der Waals surface area contributed by atoms with Gasteiger partial charge in [-0.05, 0) is 6.26 Å². The van der Waals surface area contributed by atoms with Gasteiger partial charge >= 0.3 is 0 Å². The van der Waals surface area contributed by atoms with Crippen LogP contribution in [-0.2, 0) is 4.74 Å². The number of hydrogen-bond donors (Lipinski definition) is 1. The lowest BCUT2D eigenvalue weighted by molar-refractivity contribution is 0.315. The SMILES string of the molecule is COC1=C(SC)SCCNC1=S. The fraction of sp³-hybridized carbons (Fsp3) is 0.571. The first-order valence-corrected chi connectivity index (χ1v) is 6.14. The molecule has 0 amide bonds. The van der Waals surface area contributed by atoms with Gasteiger partial charge in [0.05, 0.1) is 11.3 Å². The van der Waals surface area contributed by atoms with Crippen LogP contribution in [0.15, 0.2) is 10.00 Å². The van der Waals surface area contributed by atoms with Gasteiger partial charge in [0.1, 0.15) is 4.99 Å². The first-order chi connectivity index (χ1) is 5.79. The number of methoxy groups -OCH3 is 1. The van der Waals surface area contributed by atoms with Crippen molar-refractivity contribution in [2.24, 2.45) is 0 Å². The zero-order valence-corrected chi connectivity index (χ0v) is 9.50. The van der Waals surface area contributed by atoms with Gasteiger partial charge in [0.25, 0.3) is 0 Å². The lowest BCUT2D eigenvalue weighted by atomic mass is 10.5. The molecule has 0 radical (unpaired) electrons. The maximum atomic E-state index is 5.22. The van der Waals surface area contributed by atoms with Crippen LogP contribution in [0.3, 0.4) is 0 Å². The van der Waals surface area contributed by atoms with Gasteiger partial charge in [-0.15, -0.1) is 23.5 Å². The molecule has 0 saturated carbocycles. The van der Waals surface area contributed by atoms with Crippen LogP contribution in [0.4, 0.5) is 0 Å². The third-order valence-corrected chi connectivity index (χ3v) is 4.00. The summed E-state index contributed by atoms with van der Waals surface area (Å²) in [5.41, 5.74) is 0. The van der Waals surface area contributed by atoms with Gasteiger partial charge < -0.3 is 10.1 Å². The monoisotopic (exact) mass is 221 g/mol. The number of thioether (sulfide) groups is 2. The van der Waals surface area contributed by atoms with E-state index in [1.165, 1.54) is 4.24 Å². The van der Waals surface area contributed by atoms with E-state index in [1.54, 1.807) is 30.6 Å². The Morgan fingerprint density at radius 2 is 2.42 bits per heavy atom. The van der Waals surface area contributed by atoms with Crippen LogP contribution >= 0.6 is 35.7 Å². The molecule has 1 heterocycles. The van der Waals surface area contributed by atoms with Crippen LogP contribution in [0.1, 0.15) is 0 Å². The highest BCUT2D eigenvalue weighted by molar-refractivity contribution is 8.22. The van der Waals surface area contributed by atoms with Gasteiger partial charge in [0.2, 0.25) is 0 Å². The highest BCUT2D eigenvalue weighted by atomic mass is 32.2. The predicted molar refractivity (Wildman–Crippen MR) is 60.6 cm³/mol. The molecule has 0 aromatic carbocycles. The number of thiocarbonyl (C=S) groups is 1. The van der Waals surface area contributed by atoms with E-state index in [-0.39, 0.29) is 0 Å². The Morgan fingerprint density at radius 1 is 1.67 bits per heavy atom. The number of ether oxygens (including phenoxy) is 1. The Morgan fingerprint density at radius 3 is 3.00 bits per heavy atom. The Balaban J connectivity index is 2.86. The Labute approximate surface area is 86.5 Å². The van der Waals surface area contributed by atoms with Crippen molar-refractivity contribution >= 4 is 40.7 Å². The molecule has 1 aliphatic rings. The van der Waals surface area contributed by atoms with Crippen molar-refractivity contribution < 1.29 is 4.74 Å². The second-order valence-corrected chi connectivity index (χ2v) is 4.72. The van der Waals surface area contributed by atoms with E-state index in [4.69, 9.17) is 17.0 Å². The third-order valence-electron chi connectivity index (χ3n) is 1.40. The summed E-state index contributed by atoms with van der Waals surface area (Å²) in [6.45, 7) is 0.917. The molecule has 5 heteroatoms. The van der Waals surface area contributed by atoms with Crippen molar-refractivity contribution in [2.45, 2.75) is 0 Å². The molecule has 1 aliphatic heterocycles. The molecular weight excluding hydrogens is 210 g/mol. The van der Waals surface area contributed by atoms with E-state index in [0.717, 1.165) is 23.0 Å². The maximum absolute atomic E-state index is 5.22. The number of rotatable bonds is 2. The Hall–Kier alpha value is 0.130. The second-order valence-electron chi connectivity index (χ2n) is 2.13. The zero-order chi connectivity index (χ0) is 8.97. The molecule has 0 saturated heterocycles. The molecule has 0 aliphatic carbocycles. The molecule has 0 aromatic rings. The molecule has 0 bridgehead atoms. The van der Waals surface area contributed by atoms with E-state index in [0.29, 0.717) is 0 Å². The van der Waals surface area contributed by atoms with Gasteiger partial charge in [0.15, 0.2) is 5.76 Å². The van der Waals surface area contributed by atoms with Gasteiger partial charge in [0, 0.05) is 12.3 Å². The molecule has 1 N–H and O–H groups in total. The summed E-state index contributed by atoms with van der Waals surface area (Å²) < 4.78 is 6.39. The van der Waals surface area contributed by atoms with Gasteiger partial charge in [-0.1, -0.05) is 12.2 Å². The largest absolute Gasteiger partial charge is 0.492 e. The first-order valence-electron chi connectivity index (χ1n) is 3.53. The number of nitrogens with one attached hydrogen (secondary N) is 1. The van der Waals surface area contributed by atoms with Crippen LogP contribution in [0.2, 0.25) is 0 Å². The summed E-state index contributed by atoms with van der Waals surface area (Å²) in [5, 5.41) is 3.12. The Bertz CT molecular complexity index is 215. The van der Waals surface area contributed by atoms with E-state index in [9.17, 15) is 0 Å². The minimum absolute atomic E-state index is 0.729. The smallest absolute Gasteiger partial charge is 0.173 e. The standard InChI is InChI=1S/C7H11NOS3/c1-9-5-6(10)8-3-4-12-7(5)11-2/h3-4H2,1-2H3,(H,8,10). The molecule has 0 fully saturated rings. The molecule has 12 heavy (non-hydrogen) atoms. The van der Waals surface area contributed by atoms with Crippen molar-refractivity contribution in [1.82, 2.24) is 5.32 Å². The van der Waals surface area contributed by atoms with Crippen LogP contribution in [0.5, 0.6) is 0 Å². The van der Waals surface area contributed by atoms with E-state index >= 15 is 0 Å². The molecule has 0 unspecified atom stereocenters. The lowest BCUT2D eigenvalue weighted by Gasteiger charge is -2.08. The quantitative estimate of drug-likeness (QED) is 0.716. The predicted octanol–water partition coefficient (Wildman–Crippen LogP) is 1.83. The molecule has 68 valence electrons. The van der Waals surface area contributed by atoms with Crippen LogP contribution in [0, 0.1) is 0 Å². The summed E-state index contributed by atoms with van der Waals surface area (Å²) in [6, 6.07) is 0. The van der Waals surface area contributed by atoms with Gasteiger partial charge in [-0.2, -0.15) is 0 Å². The van der Waals surface area contributed by atoms with E-state index in [2.05, 4.69) is 5.32 Å². The normalized spacial score (nSPS) is 18.7. The highest BCUT2D eigenvalue weighted by Crippen LogP contribution is 2.31. The van der Waals surface area contributed by atoms with Crippen molar-refractivity contribution in [2.75, 3.05) is 25.7 Å². The molecular formula is C7H11NOS3. The number of hydrogen-bond acceptors (Lipinski definition) is 4. The van der Waals surface area contributed by atoms with Crippen LogP contribution in [-0.4, -0.2) is 30.7 Å². The van der Waals surface area contributed by atoms with Crippen molar-refractivity contribution in [3.8, 4) is 0 Å². The molecule has 0 atom stereocenters. The minimum Gasteiger partial charge on any atom is -0.492 e. The fourth-order valence-corrected chi connectivity index (χ4v) is 3.09. The average Bonchev–Trinajstić information content (AvgIpc) is 2.26. The van der Waals surface area contributed by atoms with Crippen molar-refractivity contribution in [1.29, 1.82) is 0 Å². The zero-order valence-electron chi connectivity index (χ0n) is 7.05. The summed E-state index contributed by atoms with van der Waals surface area (Å²) in [5.74, 6) is 1.86. The summed E-state index contributed by atoms with van der Waals surface area (Å²) in [7, 11) is 1.66. The Kier molecular flexibility index (Phi) is 4.25. The average molecular weight is 221 g/mol. The fourth-order valence-electron chi connectivity index (χ4n) is 0.874. The third kappa shape index (κ3) is 2.31. The minimum atomic E-state index is 0.729. The molecule has 1 rings (SSSR count). The van der Waals surface area contributed by atoms with Gasteiger partial charge in [-0.25, -0.2) is 0 Å². The van der Waals surface area contributed by atoms with Crippen LogP contribution in [0.25, 0.3) is 0 Å². The summed E-state index contributed by atoms with van der Waals surface area (Å²) >= 11 is 8.61. The lowest BCUT2D eigenvalue weighted by Crippen LogP contribution is -2.24. The van der Waals surface area contributed by atoms with Gasteiger partial charge in [-0.3, -0.25) is 0 Å².